The molecule has 5 atom stereocenters. The Morgan fingerprint density at radius 1 is 1.13 bits per heavy atom. The summed E-state index contributed by atoms with van der Waals surface area (Å²) in [6, 6.07) is 7.03. The van der Waals surface area contributed by atoms with Crippen molar-refractivity contribution in [3.8, 4) is 11.3 Å². The van der Waals surface area contributed by atoms with Crippen molar-refractivity contribution in [2.45, 2.75) is 90.6 Å². The maximum Gasteiger partial charge on any atom is 0.408 e. The third kappa shape index (κ3) is 7.57. The maximum absolute atomic E-state index is 14.3. The molecule has 244 valence electrons. The Bertz CT molecular complexity index is 1450. The van der Waals surface area contributed by atoms with Gasteiger partial charge in [-0.2, -0.15) is 9.90 Å². The molecular weight excluding hydrogens is 644 g/mol. The second kappa shape index (κ2) is 12.9. The van der Waals surface area contributed by atoms with Gasteiger partial charge >= 0.3 is 12.1 Å². The van der Waals surface area contributed by atoms with E-state index in [1.165, 1.54) is 9.70 Å². The minimum absolute atomic E-state index is 0.0894. The first kappa shape index (κ1) is 34.1. The molecule has 2 fully saturated rings. The average molecular weight is 688 g/mol. The van der Waals surface area contributed by atoms with Crippen molar-refractivity contribution in [1.29, 1.82) is 0 Å². The van der Waals surface area contributed by atoms with Crippen molar-refractivity contribution in [1.82, 2.24) is 30.5 Å². The molecule has 1 saturated heterocycles. The number of nitrogens with one attached hydrogen (secondary N) is 2. The lowest BCUT2D eigenvalue weighted by molar-refractivity contribution is -0.150. The molecule has 1 aliphatic heterocycles. The standard InChI is InChI=1S/C32H43BrN6O6/c1-9-20-17-32(20,28(42)44-10-2)35-26(40)22-16-21(39-36-23(25(33)37-39)19-14-12-11-13-15-19)18-38(22)27(41)24(30(3,4)5)34-29(43)45-31(6,7)8/h9,11-15,20-22,24H,1,10,16-18H2,2-8H3,(H,34,43)(H,35,40)/t20-,21-,22+,24-,32-/m1/s1. The van der Waals surface area contributed by atoms with Gasteiger partial charge in [0, 0.05) is 24.4 Å². The van der Waals surface area contributed by atoms with Crippen LogP contribution in [0.3, 0.4) is 0 Å². The molecule has 2 aliphatic rings. The zero-order chi connectivity index (χ0) is 33.3. The molecule has 2 heterocycles. The molecule has 0 unspecified atom stereocenters. The van der Waals surface area contributed by atoms with Crippen LogP contribution in [0.4, 0.5) is 4.79 Å². The number of carbonyl (C=O) groups excluding carboxylic acids is 4. The second-order valence-corrected chi connectivity index (χ2v) is 14.3. The molecule has 3 amide bonds. The highest BCUT2D eigenvalue weighted by atomic mass is 79.9. The molecule has 45 heavy (non-hydrogen) atoms. The predicted molar refractivity (Wildman–Crippen MR) is 171 cm³/mol. The van der Waals surface area contributed by atoms with E-state index in [0.29, 0.717) is 16.7 Å². The van der Waals surface area contributed by atoms with Gasteiger partial charge in [-0.15, -0.1) is 11.7 Å². The number of ether oxygens (including phenoxy) is 2. The molecule has 2 aromatic rings. The number of esters is 1. The fraction of sp³-hybridized carbons (Fsp3) is 0.562. The van der Waals surface area contributed by atoms with E-state index in [4.69, 9.17) is 14.6 Å². The summed E-state index contributed by atoms with van der Waals surface area (Å²) in [5.74, 6) is -1.82. The summed E-state index contributed by atoms with van der Waals surface area (Å²) < 4.78 is 11.3. The van der Waals surface area contributed by atoms with Crippen LogP contribution in [0.5, 0.6) is 0 Å². The molecule has 1 aromatic carbocycles. The number of benzene rings is 1. The minimum atomic E-state index is -1.24. The first-order chi connectivity index (χ1) is 21.0. The number of carbonyl (C=O) groups is 4. The van der Waals surface area contributed by atoms with Crippen molar-refractivity contribution in [3.05, 3.63) is 47.6 Å². The smallest absolute Gasteiger partial charge is 0.408 e. The van der Waals surface area contributed by atoms with Crippen LogP contribution in [-0.2, 0) is 23.9 Å². The molecule has 2 N–H and O–H groups in total. The molecule has 4 rings (SSSR count). The summed E-state index contributed by atoms with van der Waals surface area (Å²) in [5, 5.41) is 14.9. The Morgan fingerprint density at radius 3 is 2.36 bits per heavy atom. The van der Waals surface area contributed by atoms with Crippen molar-refractivity contribution in [2.24, 2.45) is 11.3 Å². The lowest BCUT2D eigenvalue weighted by atomic mass is 9.85. The number of aromatic nitrogens is 3. The van der Waals surface area contributed by atoms with Crippen LogP contribution in [0.2, 0.25) is 0 Å². The van der Waals surface area contributed by atoms with Gasteiger partial charge in [-0.3, -0.25) is 9.59 Å². The van der Waals surface area contributed by atoms with Crippen molar-refractivity contribution in [2.75, 3.05) is 13.2 Å². The Labute approximate surface area is 272 Å². The van der Waals surface area contributed by atoms with Crippen LogP contribution < -0.4 is 10.6 Å². The summed E-state index contributed by atoms with van der Waals surface area (Å²) in [5.41, 5.74) is -1.29. The number of hydrogen-bond acceptors (Lipinski definition) is 8. The fourth-order valence-electron chi connectivity index (χ4n) is 5.52. The normalized spacial score (nSPS) is 23.6. The summed E-state index contributed by atoms with van der Waals surface area (Å²) in [6.45, 7) is 16.4. The van der Waals surface area contributed by atoms with Gasteiger partial charge in [-0.05, 0) is 55.5 Å². The highest BCUT2D eigenvalue weighted by Gasteiger charge is 2.62. The van der Waals surface area contributed by atoms with E-state index < -0.39 is 58.6 Å². The SMILES string of the molecule is C=C[C@@H]1C[C@]1(NC(=O)[C@@H]1C[C@@H](n2nc(Br)c(-c3ccccc3)n2)CN1C(=O)[C@@H](NC(=O)OC(C)(C)C)C(C)(C)C)C(=O)OCC. The number of hydrogen-bond donors (Lipinski definition) is 2. The van der Waals surface area contributed by atoms with Crippen LogP contribution in [-0.4, -0.2) is 80.1 Å². The van der Waals surface area contributed by atoms with Gasteiger partial charge in [0.25, 0.3) is 0 Å². The van der Waals surface area contributed by atoms with Crippen LogP contribution in [0, 0.1) is 11.3 Å². The van der Waals surface area contributed by atoms with E-state index in [1.54, 1.807) is 33.8 Å². The third-order valence-corrected chi connectivity index (χ3v) is 8.42. The monoisotopic (exact) mass is 686 g/mol. The quantitative estimate of drug-likeness (QED) is 0.292. The van der Waals surface area contributed by atoms with E-state index in [0.717, 1.165) is 5.56 Å². The number of likely N-dealkylation sites (tertiary alicyclic amines) is 1. The molecule has 12 nitrogen and oxygen atoms in total. The zero-order valence-corrected chi connectivity index (χ0v) is 28.5. The predicted octanol–water partition coefficient (Wildman–Crippen LogP) is 4.41. The molecule has 13 heteroatoms. The van der Waals surface area contributed by atoms with E-state index in [1.807, 2.05) is 51.1 Å². The first-order valence-electron chi connectivity index (χ1n) is 15.1. The van der Waals surface area contributed by atoms with E-state index in [9.17, 15) is 19.2 Å². The van der Waals surface area contributed by atoms with E-state index in [-0.39, 0.29) is 25.5 Å². The lowest BCUT2D eigenvalue weighted by Crippen LogP contribution is -2.59. The van der Waals surface area contributed by atoms with Crippen LogP contribution >= 0.6 is 15.9 Å². The number of halogens is 1. The van der Waals surface area contributed by atoms with Gasteiger partial charge in [0.05, 0.1) is 12.6 Å². The zero-order valence-electron chi connectivity index (χ0n) is 26.9. The molecule has 1 saturated carbocycles. The van der Waals surface area contributed by atoms with E-state index >= 15 is 0 Å². The van der Waals surface area contributed by atoms with Gasteiger partial charge in [0.1, 0.15) is 28.9 Å². The Balaban J connectivity index is 1.67. The van der Waals surface area contributed by atoms with Crippen molar-refractivity contribution >= 4 is 39.8 Å². The van der Waals surface area contributed by atoms with E-state index in [2.05, 4.69) is 38.2 Å². The van der Waals surface area contributed by atoms with Gasteiger partial charge in [-0.25, -0.2) is 9.59 Å². The summed E-state index contributed by atoms with van der Waals surface area (Å²) in [4.78, 5) is 57.1. The summed E-state index contributed by atoms with van der Waals surface area (Å²) in [6.07, 6.45) is 1.40. The summed E-state index contributed by atoms with van der Waals surface area (Å²) >= 11 is 3.51. The van der Waals surface area contributed by atoms with Gasteiger partial charge in [-0.1, -0.05) is 57.2 Å². The number of alkyl carbamates (subject to hydrolysis) is 1. The Hall–Kier alpha value is -3.74. The Kier molecular flexibility index (Phi) is 9.81. The number of nitrogens with zero attached hydrogens (tertiary/aromatic N) is 4. The van der Waals surface area contributed by atoms with Crippen LogP contribution in [0.15, 0.2) is 47.6 Å². The largest absolute Gasteiger partial charge is 0.464 e. The molecule has 0 spiro atoms. The maximum atomic E-state index is 14.3. The number of amides is 3. The minimum Gasteiger partial charge on any atom is -0.464 e. The van der Waals surface area contributed by atoms with Gasteiger partial charge < -0.3 is 25.0 Å². The number of rotatable bonds is 9. The topological polar surface area (TPSA) is 145 Å². The highest BCUT2D eigenvalue weighted by molar-refractivity contribution is 9.10. The molecule has 0 bridgehead atoms. The van der Waals surface area contributed by atoms with Gasteiger partial charge in [0.15, 0.2) is 4.60 Å². The van der Waals surface area contributed by atoms with Crippen LogP contribution in [0.25, 0.3) is 11.3 Å². The molecular formula is C32H43BrN6O6. The third-order valence-electron chi connectivity index (χ3n) is 7.89. The van der Waals surface area contributed by atoms with Crippen LogP contribution in [0.1, 0.15) is 67.3 Å². The average Bonchev–Trinajstić information content (AvgIpc) is 3.27. The highest BCUT2D eigenvalue weighted by Crippen LogP contribution is 2.46. The Morgan fingerprint density at radius 2 is 1.80 bits per heavy atom. The molecule has 1 aromatic heterocycles. The first-order valence-corrected chi connectivity index (χ1v) is 15.9. The molecule has 0 radical (unpaired) electrons. The lowest BCUT2D eigenvalue weighted by Gasteiger charge is -2.36. The summed E-state index contributed by atoms with van der Waals surface area (Å²) in [7, 11) is 0. The molecule has 1 aliphatic carbocycles. The van der Waals surface area contributed by atoms with Crippen molar-refractivity contribution in [3.63, 3.8) is 0 Å². The van der Waals surface area contributed by atoms with Crippen molar-refractivity contribution < 1.29 is 28.7 Å². The second-order valence-electron chi connectivity index (χ2n) is 13.6. The fourth-order valence-corrected chi connectivity index (χ4v) is 5.99. The van der Waals surface area contributed by atoms with Gasteiger partial charge in [0.2, 0.25) is 11.8 Å².